The zero-order valence-corrected chi connectivity index (χ0v) is 9.73. The van der Waals surface area contributed by atoms with E-state index in [2.05, 4.69) is 43.3 Å². The summed E-state index contributed by atoms with van der Waals surface area (Å²) in [5, 5.41) is 0. The van der Waals surface area contributed by atoms with Crippen molar-refractivity contribution in [2.75, 3.05) is 6.61 Å². The summed E-state index contributed by atoms with van der Waals surface area (Å²) in [6, 6.07) is 16.8. The van der Waals surface area contributed by atoms with Crippen molar-refractivity contribution in [1.82, 2.24) is 0 Å². The Morgan fingerprint density at radius 1 is 0.812 bits per heavy atom. The van der Waals surface area contributed by atoms with Crippen molar-refractivity contribution < 1.29 is 4.74 Å². The molecule has 16 heavy (non-hydrogen) atoms. The van der Waals surface area contributed by atoms with Crippen LogP contribution >= 0.6 is 0 Å². The maximum absolute atomic E-state index is 5.42. The predicted octanol–water partition coefficient (Wildman–Crippen LogP) is 4.06. The van der Waals surface area contributed by atoms with E-state index in [1.807, 2.05) is 19.1 Å². The van der Waals surface area contributed by atoms with Crippen LogP contribution in [0.15, 0.2) is 48.5 Å². The fourth-order valence-corrected chi connectivity index (χ4v) is 1.66. The van der Waals surface area contributed by atoms with Crippen LogP contribution in [0.3, 0.4) is 0 Å². The molecule has 0 aliphatic rings. The standard InChI is InChI=1S/C15H16O/c1-3-16-15-10-8-14(9-11-15)13-6-4-12(2)5-7-13/h4-11H,3H2,1-2H3. The molecule has 1 nitrogen and oxygen atoms in total. The number of benzene rings is 2. The lowest BCUT2D eigenvalue weighted by Gasteiger charge is -2.05. The molecule has 0 aliphatic heterocycles. The van der Waals surface area contributed by atoms with E-state index in [1.54, 1.807) is 0 Å². The van der Waals surface area contributed by atoms with E-state index < -0.39 is 0 Å². The van der Waals surface area contributed by atoms with Crippen LogP contribution in [0, 0.1) is 6.92 Å². The first-order valence-electron chi connectivity index (χ1n) is 5.59. The number of hydrogen-bond acceptors (Lipinski definition) is 1. The molecule has 0 atom stereocenters. The summed E-state index contributed by atoms with van der Waals surface area (Å²) < 4.78 is 5.42. The molecular formula is C15H16O. The lowest BCUT2D eigenvalue weighted by atomic mass is 10.0. The minimum Gasteiger partial charge on any atom is -0.494 e. The molecule has 0 fully saturated rings. The summed E-state index contributed by atoms with van der Waals surface area (Å²) in [6.07, 6.45) is 0. The van der Waals surface area contributed by atoms with Crippen molar-refractivity contribution in [2.45, 2.75) is 13.8 Å². The summed E-state index contributed by atoms with van der Waals surface area (Å²) in [7, 11) is 0. The molecule has 0 saturated heterocycles. The quantitative estimate of drug-likeness (QED) is 0.745. The van der Waals surface area contributed by atoms with Gasteiger partial charge in [0.25, 0.3) is 0 Å². The van der Waals surface area contributed by atoms with E-state index in [-0.39, 0.29) is 0 Å². The van der Waals surface area contributed by atoms with Crippen molar-refractivity contribution in [1.29, 1.82) is 0 Å². The van der Waals surface area contributed by atoms with Gasteiger partial charge in [-0.3, -0.25) is 0 Å². The summed E-state index contributed by atoms with van der Waals surface area (Å²) in [5.41, 5.74) is 3.76. The minimum absolute atomic E-state index is 0.712. The van der Waals surface area contributed by atoms with Gasteiger partial charge in [0.1, 0.15) is 5.75 Å². The lowest BCUT2D eigenvalue weighted by Crippen LogP contribution is -1.90. The normalized spacial score (nSPS) is 10.1. The molecule has 0 radical (unpaired) electrons. The van der Waals surface area contributed by atoms with Crippen LogP contribution in [-0.4, -0.2) is 6.61 Å². The molecule has 0 spiro atoms. The largest absolute Gasteiger partial charge is 0.494 e. The highest BCUT2D eigenvalue weighted by atomic mass is 16.5. The van der Waals surface area contributed by atoms with Crippen molar-refractivity contribution in [3.05, 3.63) is 54.1 Å². The highest BCUT2D eigenvalue weighted by Crippen LogP contribution is 2.22. The molecule has 2 aromatic carbocycles. The van der Waals surface area contributed by atoms with Gasteiger partial charge in [-0.25, -0.2) is 0 Å². The van der Waals surface area contributed by atoms with E-state index in [0.717, 1.165) is 5.75 Å². The van der Waals surface area contributed by atoms with Crippen LogP contribution in [0.1, 0.15) is 12.5 Å². The third-order valence-corrected chi connectivity index (χ3v) is 2.55. The molecule has 2 aromatic rings. The van der Waals surface area contributed by atoms with Crippen LogP contribution < -0.4 is 4.74 Å². The zero-order chi connectivity index (χ0) is 11.4. The van der Waals surface area contributed by atoms with E-state index in [4.69, 9.17) is 4.74 Å². The topological polar surface area (TPSA) is 9.23 Å². The van der Waals surface area contributed by atoms with E-state index in [0.29, 0.717) is 6.61 Å². The molecule has 0 unspecified atom stereocenters. The first-order chi connectivity index (χ1) is 7.79. The Balaban J connectivity index is 2.24. The van der Waals surface area contributed by atoms with Crippen molar-refractivity contribution in [3.8, 4) is 16.9 Å². The molecule has 82 valence electrons. The number of aryl methyl sites for hydroxylation is 1. The molecule has 0 aliphatic carbocycles. The predicted molar refractivity (Wildman–Crippen MR) is 67.8 cm³/mol. The van der Waals surface area contributed by atoms with Crippen molar-refractivity contribution in [2.24, 2.45) is 0 Å². The molecule has 0 amide bonds. The minimum atomic E-state index is 0.712. The summed E-state index contributed by atoms with van der Waals surface area (Å²) in [4.78, 5) is 0. The Kier molecular flexibility index (Phi) is 3.25. The van der Waals surface area contributed by atoms with E-state index in [9.17, 15) is 0 Å². The zero-order valence-electron chi connectivity index (χ0n) is 9.73. The summed E-state index contributed by atoms with van der Waals surface area (Å²) >= 11 is 0. The Bertz CT molecular complexity index is 440. The Labute approximate surface area is 96.7 Å². The first kappa shape index (κ1) is 10.7. The molecular weight excluding hydrogens is 196 g/mol. The Morgan fingerprint density at radius 2 is 1.31 bits per heavy atom. The van der Waals surface area contributed by atoms with Crippen LogP contribution in [-0.2, 0) is 0 Å². The second kappa shape index (κ2) is 4.84. The fourth-order valence-electron chi connectivity index (χ4n) is 1.66. The van der Waals surface area contributed by atoms with Gasteiger partial charge < -0.3 is 4.74 Å². The third kappa shape index (κ3) is 2.43. The molecule has 2 rings (SSSR count). The third-order valence-electron chi connectivity index (χ3n) is 2.55. The van der Waals surface area contributed by atoms with Gasteiger partial charge in [0, 0.05) is 0 Å². The van der Waals surface area contributed by atoms with Gasteiger partial charge in [0.05, 0.1) is 6.61 Å². The van der Waals surface area contributed by atoms with Crippen LogP contribution in [0.2, 0.25) is 0 Å². The first-order valence-corrected chi connectivity index (χ1v) is 5.59. The van der Waals surface area contributed by atoms with Crippen molar-refractivity contribution >= 4 is 0 Å². The van der Waals surface area contributed by atoms with Gasteiger partial charge in [-0.1, -0.05) is 42.0 Å². The van der Waals surface area contributed by atoms with Crippen LogP contribution in [0.25, 0.3) is 11.1 Å². The Hall–Kier alpha value is -1.76. The Morgan fingerprint density at radius 3 is 1.81 bits per heavy atom. The lowest BCUT2D eigenvalue weighted by molar-refractivity contribution is 0.340. The van der Waals surface area contributed by atoms with Gasteiger partial charge >= 0.3 is 0 Å². The second-order valence-electron chi connectivity index (χ2n) is 3.82. The maximum atomic E-state index is 5.42. The number of ether oxygens (including phenoxy) is 1. The number of hydrogen-bond donors (Lipinski definition) is 0. The SMILES string of the molecule is CCOc1ccc(-c2ccc(C)cc2)cc1. The average Bonchev–Trinajstić information content (AvgIpc) is 2.32. The van der Waals surface area contributed by atoms with Gasteiger partial charge in [0.15, 0.2) is 0 Å². The molecule has 0 heterocycles. The summed E-state index contributed by atoms with van der Waals surface area (Å²) in [5.74, 6) is 0.929. The molecule has 1 heteroatoms. The van der Waals surface area contributed by atoms with Crippen LogP contribution in [0.5, 0.6) is 5.75 Å². The highest BCUT2D eigenvalue weighted by molar-refractivity contribution is 5.64. The fraction of sp³-hybridized carbons (Fsp3) is 0.200. The van der Waals surface area contributed by atoms with Crippen LogP contribution in [0.4, 0.5) is 0 Å². The van der Waals surface area contributed by atoms with E-state index >= 15 is 0 Å². The molecule has 0 bridgehead atoms. The molecule has 0 aromatic heterocycles. The van der Waals surface area contributed by atoms with Gasteiger partial charge in [-0.05, 0) is 37.1 Å². The second-order valence-corrected chi connectivity index (χ2v) is 3.82. The smallest absolute Gasteiger partial charge is 0.119 e. The van der Waals surface area contributed by atoms with E-state index in [1.165, 1.54) is 16.7 Å². The summed E-state index contributed by atoms with van der Waals surface area (Å²) in [6.45, 7) is 4.81. The maximum Gasteiger partial charge on any atom is 0.119 e. The van der Waals surface area contributed by atoms with Crippen molar-refractivity contribution in [3.63, 3.8) is 0 Å². The monoisotopic (exact) mass is 212 g/mol. The van der Waals surface area contributed by atoms with Gasteiger partial charge in [0.2, 0.25) is 0 Å². The van der Waals surface area contributed by atoms with Gasteiger partial charge in [-0.15, -0.1) is 0 Å². The molecule has 0 N–H and O–H groups in total. The number of rotatable bonds is 3. The highest BCUT2D eigenvalue weighted by Gasteiger charge is 1.97. The van der Waals surface area contributed by atoms with Gasteiger partial charge in [-0.2, -0.15) is 0 Å². The molecule has 0 saturated carbocycles. The average molecular weight is 212 g/mol.